The summed E-state index contributed by atoms with van der Waals surface area (Å²) in [5, 5.41) is 19.5. The molecule has 6 heteroatoms. The van der Waals surface area contributed by atoms with Gasteiger partial charge in [-0.05, 0) is 30.9 Å². The van der Waals surface area contributed by atoms with E-state index in [1.54, 1.807) is 12.1 Å². The number of sulfonamides is 1. The van der Waals surface area contributed by atoms with Crippen LogP contribution in [0.25, 0.3) is 0 Å². The van der Waals surface area contributed by atoms with E-state index in [9.17, 15) is 18.6 Å². The number of fused-ring (bicyclic) bond motifs is 1. The van der Waals surface area contributed by atoms with Crippen molar-refractivity contribution in [3.63, 3.8) is 0 Å². The maximum Gasteiger partial charge on any atom is 0.246 e. The third-order valence-electron chi connectivity index (χ3n) is 4.27. The molecule has 2 aliphatic rings. The molecular weight excluding hydrogens is 266 g/mol. The summed E-state index contributed by atoms with van der Waals surface area (Å²) in [4.78, 5) is -0.0514. The lowest BCUT2D eigenvalue weighted by molar-refractivity contribution is 0.129. The number of phenolic OH excluding ortho intramolecular Hbond substituents is 1. The van der Waals surface area contributed by atoms with Gasteiger partial charge in [0, 0.05) is 19.0 Å². The molecular formula is C13H17NO4S. The lowest BCUT2D eigenvalue weighted by atomic mass is 10.00. The summed E-state index contributed by atoms with van der Waals surface area (Å²) in [5.74, 6) is 0.0661. The summed E-state index contributed by atoms with van der Waals surface area (Å²) in [7, 11) is -3.66. The first kappa shape index (κ1) is 12.9. The van der Waals surface area contributed by atoms with Crippen molar-refractivity contribution in [3.05, 3.63) is 24.3 Å². The predicted octanol–water partition coefficient (Wildman–Crippen LogP) is 0.784. The van der Waals surface area contributed by atoms with Crippen molar-refractivity contribution in [1.82, 2.24) is 4.31 Å². The molecule has 3 rings (SSSR count). The van der Waals surface area contributed by atoms with Crippen LogP contribution in [0.2, 0.25) is 0 Å². The summed E-state index contributed by atoms with van der Waals surface area (Å²) in [6, 6.07) is 5.98. The van der Waals surface area contributed by atoms with E-state index in [-0.39, 0.29) is 22.5 Å². The second-order valence-electron chi connectivity index (χ2n) is 5.36. The van der Waals surface area contributed by atoms with E-state index in [2.05, 4.69) is 0 Å². The molecule has 19 heavy (non-hydrogen) atoms. The molecule has 5 nitrogen and oxygen atoms in total. The highest BCUT2D eigenvalue weighted by atomic mass is 32.2. The molecule has 0 aromatic heterocycles. The molecule has 2 fully saturated rings. The van der Waals surface area contributed by atoms with Gasteiger partial charge in [0.25, 0.3) is 0 Å². The summed E-state index contributed by atoms with van der Waals surface area (Å²) in [6.45, 7) is 0.793. The van der Waals surface area contributed by atoms with Crippen LogP contribution >= 0.6 is 0 Å². The molecule has 0 spiro atoms. The fourth-order valence-corrected chi connectivity index (χ4v) is 4.82. The quantitative estimate of drug-likeness (QED) is 0.841. The second-order valence-corrected chi connectivity index (χ2v) is 7.26. The smallest absolute Gasteiger partial charge is 0.246 e. The molecule has 1 aromatic carbocycles. The number of hydrogen-bond donors (Lipinski definition) is 2. The van der Waals surface area contributed by atoms with Crippen LogP contribution < -0.4 is 0 Å². The second kappa shape index (κ2) is 4.47. The highest BCUT2D eigenvalue weighted by Crippen LogP contribution is 2.40. The number of benzene rings is 1. The molecule has 0 radical (unpaired) electrons. The van der Waals surface area contributed by atoms with Crippen molar-refractivity contribution in [2.75, 3.05) is 13.1 Å². The van der Waals surface area contributed by atoms with Crippen LogP contribution in [0.3, 0.4) is 0 Å². The molecule has 2 N–H and O–H groups in total. The van der Waals surface area contributed by atoms with Crippen molar-refractivity contribution in [3.8, 4) is 5.75 Å². The van der Waals surface area contributed by atoms with Crippen molar-refractivity contribution < 1.29 is 18.6 Å². The number of hydrogen-bond acceptors (Lipinski definition) is 4. The first-order valence-electron chi connectivity index (χ1n) is 6.46. The van der Waals surface area contributed by atoms with Crippen LogP contribution in [0.5, 0.6) is 5.75 Å². The Labute approximate surface area is 112 Å². The molecule has 1 saturated carbocycles. The molecule has 1 heterocycles. The van der Waals surface area contributed by atoms with Crippen LogP contribution in [-0.2, 0) is 10.0 Å². The van der Waals surface area contributed by atoms with Gasteiger partial charge in [0.15, 0.2) is 0 Å². The number of aromatic hydroxyl groups is 1. The van der Waals surface area contributed by atoms with E-state index >= 15 is 0 Å². The van der Waals surface area contributed by atoms with Crippen molar-refractivity contribution in [1.29, 1.82) is 0 Å². The SMILES string of the molecule is O=S(=O)(c1ccccc1O)N1CC2CCC(O)C2C1. The monoisotopic (exact) mass is 283 g/mol. The van der Waals surface area contributed by atoms with Crippen LogP contribution in [0.15, 0.2) is 29.2 Å². The molecule has 1 aliphatic carbocycles. The Morgan fingerprint density at radius 2 is 1.89 bits per heavy atom. The average Bonchev–Trinajstić information content (AvgIpc) is 2.93. The summed E-state index contributed by atoms with van der Waals surface area (Å²) in [5.41, 5.74) is 0. The minimum atomic E-state index is -3.66. The van der Waals surface area contributed by atoms with Gasteiger partial charge < -0.3 is 10.2 Å². The third kappa shape index (κ3) is 2.04. The van der Waals surface area contributed by atoms with Gasteiger partial charge in [-0.3, -0.25) is 0 Å². The average molecular weight is 283 g/mol. The normalized spacial score (nSPS) is 31.5. The number of para-hydroxylation sites is 1. The van der Waals surface area contributed by atoms with Gasteiger partial charge >= 0.3 is 0 Å². The lowest BCUT2D eigenvalue weighted by Crippen LogP contribution is -2.31. The number of phenols is 1. The maximum atomic E-state index is 12.5. The summed E-state index contributed by atoms with van der Waals surface area (Å²) >= 11 is 0. The van der Waals surface area contributed by atoms with Crippen LogP contribution in [-0.4, -0.2) is 42.1 Å². The summed E-state index contributed by atoms with van der Waals surface area (Å²) < 4.78 is 26.3. The van der Waals surface area contributed by atoms with Gasteiger partial charge in [0.05, 0.1) is 6.10 Å². The van der Waals surface area contributed by atoms with E-state index in [4.69, 9.17) is 0 Å². The zero-order valence-corrected chi connectivity index (χ0v) is 11.3. The minimum absolute atomic E-state index is 0.0423. The lowest BCUT2D eigenvalue weighted by Gasteiger charge is -2.18. The number of aliphatic hydroxyl groups excluding tert-OH is 1. The van der Waals surface area contributed by atoms with E-state index in [1.807, 2.05) is 0 Å². The van der Waals surface area contributed by atoms with Gasteiger partial charge in [-0.25, -0.2) is 8.42 Å². The fraction of sp³-hybridized carbons (Fsp3) is 0.538. The number of nitrogens with zero attached hydrogens (tertiary/aromatic N) is 1. The van der Waals surface area contributed by atoms with E-state index in [0.717, 1.165) is 12.8 Å². The zero-order valence-electron chi connectivity index (χ0n) is 10.4. The highest BCUT2D eigenvalue weighted by molar-refractivity contribution is 7.89. The Bertz CT molecular complexity index is 586. The van der Waals surface area contributed by atoms with Crippen LogP contribution in [0.4, 0.5) is 0 Å². The largest absolute Gasteiger partial charge is 0.507 e. The Hall–Kier alpha value is -1.11. The summed E-state index contributed by atoms with van der Waals surface area (Å²) in [6.07, 6.45) is 1.24. The van der Waals surface area contributed by atoms with Gasteiger partial charge in [-0.1, -0.05) is 12.1 Å². The Balaban J connectivity index is 1.89. The molecule has 3 unspecified atom stereocenters. The van der Waals surface area contributed by atoms with Crippen LogP contribution in [0, 0.1) is 11.8 Å². The maximum absolute atomic E-state index is 12.5. The first-order valence-corrected chi connectivity index (χ1v) is 7.90. The van der Waals surface area contributed by atoms with E-state index < -0.39 is 16.1 Å². The van der Waals surface area contributed by atoms with Crippen molar-refractivity contribution >= 4 is 10.0 Å². The zero-order chi connectivity index (χ0) is 13.6. The highest BCUT2D eigenvalue weighted by Gasteiger charge is 2.46. The first-order chi connectivity index (χ1) is 9.00. The fourth-order valence-electron chi connectivity index (χ4n) is 3.21. The number of aliphatic hydroxyl groups is 1. The van der Waals surface area contributed by atoms with Gasteiger partial charge in [0.2, 0.25) is 10.0 Å². The molecule has 3 atom stereocenters. The molecule has 1 aliphatic heterocycles. The van der Waals surface area contributed by atoms with Gasteiger partial charge in [-0.15, -0.1) is 0 Å². The Morgan fingerprint density at radius 1 is 1.16 bits per heavy atom. The molecule has 0 amide bonds. The molecule has 0 bridgehead atoms. The minimum Gasteiger partial charge on any atom is -0.507 e. The topological polar surface area (TPSA) is 77.8 Å². The predicted molar refractivity (Wildman–Crippen MR) is 69.1 cm³/mol. The van der Waals surface area contributed by atoms with E-state index in [0.29, 0.717) is 13.1 Å². The van der Waals surface area contributed by atoms with Gasteiger partial charge in [-0.2, -0.15) is 4.31 Å². The van der Waals surface area contributed by atoms with E-state index in [1.165, 1.54) is 16.4 Å². The third-order valence-corrected chi connectivity index (χ3v) is 6.15. The molecule has 1 saturated heterocycles. The van der Waals surface area contributed by atoms with Gasteiger partial charge in [0.1, 0.15) is 10.6 Å². The number of rotatable bonds is 2. The molecule has 1 aromatic rings. The molecule has 104 valence electrons. The van der Waals surface area contributed by atoms with Crippen molar-refractivity contribution in [2.24, 2.45) is 11.8 Å². The Kier molecular flexibility index (Phi) is 3.03. The van der Waals surface area contributed by atoms with Crippen LogP contribution in [0.1, 0.15) is 12.8 Å². The standard InChI is InChI=1S/C13H17NO4S/c15-11-6-5-9-7-14(8-10(9)11)19(17,18)13-4-2-1-3-12(13)16/h1-4,9-11,15-16H,5-8H2. The van der Waals surface area contributed by atoms with Crippen molar-refractivity contribution in [2.45, 2.75) is 23.8 Å². The Morgan fingerprint density at radius 3 is 2.58 bits per heavy atom.